The third-order valence-electron chi connectivity index (χ3n) is 13.9. The van der Waals surface area contributed by atoms with Gasteiger partial charge >= 0.3 is 0 Å². The number of furan rings is 1. The summed E-state index contributed by atoms with van der Waals surface area (Å²) in [6, 6.07) is 39.3. The molecule has 0 saturated carbocycles. The number of hydrogen-bond acceptors (Lipinski definition) is 5. The number of aromatic nitrogens is 3. The molecule has 62 heavy (non-hydrogen) atoms. The number of hydrogen-bond donors (Lipinski definition) is 0. The maximum atomic E-state index is 6.96. The van der Waals surface area contributed by atoms with Crippen molar-refractivity contribution in [1.82, 2.24) is 15.0 Å². The van der Waals surface area contributed by atoms with Crippen molar-refractivity contribution in [3.63, 3.8) is 0 Å². The highest BCUT2D eigenvalue weighted by atomic mass is 16.3. The summed E-state index contributed by atoms with van der Waals surface area (Å²) in [5.74, 6) is 5.34. The lowest BCUT2D eigenvalue weighted by Crippen LogP contribution is -2.31. The molecule has 5 nitrogen and oxygen atoms in total. The van der Waals surface area contributed by atoms with Crippen LogP contribution in [0.2, 0.25) is 0 Å². The average molecular weight is 805 g/mol. The van der Waals surface area contributed by atoms with E-state index < -0.39 is 0 Å². The average Bonchev–Trinajstić information content (AvgIpc) is 3.90. The van der Waals surface area contributed by atoms with E-state index in [9.17, 15) is 0 Å². The number of benzene rings is 4. The van der Waals surface area contributed by atoms with E-state index in [-0.39, 0.29) is 17.9 Å². The normalized spacial score (nSPS) is 23.2. The Morgan fingerprint density at radius 1 is 0.629 bits per heavy atom. The van der Waals surface area contributed by atoms with Gasteiger partial charge in [-0.05, 0) is 85.1 Å². The van der Waals surface area contributed by atoms with E-state index in [4.69, 9.17) is 19.4 Å². The summed E-state index contributed by atoms with van der Waals surface area (Å²) in [5.41, 5.74) is 13.5. The van der Waals surface area contributed by atoms with Crippen LogP contribution in [-0.2, 0) is 6.42 Å². The first-order chi connectivity index (χ1) is 30.7. The van der Waals surface area contributed by atoms with Gasteiger partial charge in [0.05, 0.1) is 6.04 Å². The zero-order valence-corrected chi connectivity index (χ0v) is 34.8. The van der Waals surface area contributed by atoms with Gasteiger partial charge in [0.15, 0.2) is 17.5 Å². The van der Waals surface area contributed by atoms with Crippen molar-refractivity contribution >= 4 is 29.0 Å². The highest BCUT2D eigenvalue weighted by Crippen LogP contribution is 2.56. The zero-order valence-electron chi connectivity index (χ0n) is 34.8. The molecular formula is C57H48N4O. The van der Waals surface area contributed by atoms with Crippen LogP contribution >= 0.6 is 0 Å². The number of rotatable bonds is 7. The van der Waals surface area contributed by atoms with Gasteiger partial charge in [-0.3, -0.25) is 0 Å². The summed E-state index contributed by atoms with van der Waals surface area (Å²) < 4.78 is 6.96. The summed E-state index contributed by atoms with van der Waals surface area (Å²) in [4.78, 5) is 18.3. The van der Waals surface area contributed by atoms with Crippen LogP contribution in [0.4, 0.5) is 5.69 Å². The van der Waals surface area contributed by atoms with Crippen LogP contribution in [-0.4, -0.2) is 21.0 Å². The van der Waals surface area contributed by atoms with E-state index in [0.29, 0.717) is 29.3 Å². The lowest BCUT2D eigenvalue weighted by molar-refractivity contribution is 0.446. The van der Waals surface area contributed by atoms with Crippen molar-refractivity contribution in [2.75, 3.05) is 4.90 Å². The molecule has 0 N–H and O–H groups in total. The van der Waals surface area contributed by atoms with Crippen LogP contribution in [0.1, 0.15) is 101 Å². The Hall–Kier alpha value is -6.85. The number of fused-ring (bicyclic) bond motifs is 7. The molecule has 0 amide bonds. The molecular weight excluding hydrogens is 757 g/mol. The first-order valence-corrected chi connectivity index (χ1v) is 22.6. The molecule has 5 atom stereocenters. The molecule has 1 fully saturated rings. The predicted octanol–water partition coefficient (Wildman–Crippen LogP) is 13.7. The molecule has 3 heterocycles. The van der Waals surface area contributed by atoms with Crippen molar-refractivity contribution in [1.29, 1.82) is 0 Å². The molecule has 1 saturated heterocycles. The molecule has 12 rings (SSSR count). The number of allylic oxidation sites excluding steroid dienone is 11. The SMILES string of the molecule is C1=CC(c2nc(-c3ccccc3)nc(-c3cc(C4C=C(c5ccccc5)C=CC4)ccc3C3C=Cc4c(oc5c4C4C6CCCC=C6N(c6ccccc6)C4C=C5)C3)n2)=CCC1. The molecule has 0 radical (unpaired) electrons. The van der Waals surface area contributed by atoms with Crippen LogP contribution in [0.25, 0.3) is 46.1 Å². The minimum atomic E-state index is 0.0734. The maximum Gasteiger partial charge on any atom is 0.164 e. The largest absolute Gasteiger partial charge is 0.461 e. The van der Waals surface area contributed by atoms with E-state index in [1.807, 2.05) is 6.07 Å². The van der Waals surface area contributed by atoms with Crippen molar-refractivity contribution in [2.45, 2.75) is 68.7 Å². The van der Waals surface area contributed by atoms with Crippen LogP contribution in [0, 0.1) is 5.92 Å². The van der Waals surface area contributed by atoms with Gasteiger partial charge in [-0.25, -0.2) is 15.0 Å². The maximum absolute atomic E-state index is 6.96. The van der Waals surface area contributed by atoms with Gasteiger partial charge in [0.2, 0.25) is 0 Å². The monoisotopic (exact) mass is 804 g/mol. The fraction of sp³-hybridized carbons (Fsp3) is 0.211. The highest BCUT2D eigenvalue weighted by molar-refractivity contribution is 5.78. The first kappa shape index (κ1) is 37.0. The fourth-order valence-electron chi connectivity index (χ4n) is 11.0. The second-order valence-electron chi connectivity index (χ2n) is 17.5. The molecule has 0 spiro atoms. The van der Waals surface area contributed by atoms with Crippen LogP contribution in [0.5, 0.6) is 0 Å². The Morgan fingerprint density at radius 3 is 2.23 bits per heavy atom. The van der Waals surface area contributed by atoms with Crippen molar-refractivity contribution in [3.05, 3.63) is 215 Å². The third kappa shape index (κ3) is 6.50. The van der Waals surface area contributed by atoms with Crippen molar-refractivity contribution in [2.24, 2.45) is 5.92 Å². The van der Waals surface area contributed by atoms with Gasteiger partial charge in [-0.2, -0.15) is 0 Å². The van der Waals surface area contributed by atoms with E-state index in [1.165, 1.54) is 57.6 Å². The second-order valence-corrected chi connectivity index (χ2v) is 17.5. The number of nitrogens with zero attached hydrogens (tertiary/aromatic N) is 4. The van der Waals surface area contributed by atoms with Gasteiger partial charge in [0.25, 0.3) is 0 Å². The zero-order chi connectivity index (χ0) is 41.0. The van der Waals surface area contributed by atoms with Crippen LogP contribution in [0.3, 0.4) is 0 Å². The Labute approximate surface area is 364 Å². The minimum absolute atomic E-state index is 0.0734. The van der Waals surface area contributed by atoms with Gasteiger partial charge in [0, 0.05) is 69.3 Å². The van der Waals surface area contributed by atoms with Crippen LogP contribution in [0.15, 0.2) is 174 Å². The molecule has 5 heteroatoms. The first-order valence-electron chi connectivity index (χ1n) is 22.6. The Morgan fingerprint density at radius 2 is 1.40 bits per heavy atom. The summed E-state index contributed by atoms with van der Waals surface area (Å²) in [7, 11) is 0. The standard InChI is InChI=1S/C57H48N4O/c1-5-16-37(17-6-1)40-22-15-23-41(34-40)42-28-30-45(48(35-42)57-59-55(38-18-7-2-8-19-38)58-56(60-57)39-20-9-3-10-21-39)43-29-31-47-52(36-43)62-51-33-32-50-53(54(47)51)46-26-13-14-27-49(46)61(50)44-24-11-4-12-25-44/h1-2,4-9,11-12,15-22,24-25,27-35,41,43,46,50,53H,3,10,13-14,23,26,36H2. The molecule has 6 aromatic rings. The van der Waals surface area contributed by atoms with E-state index in [1.54, 1.807) is 0 Å². The molecule has 5 aliphatic carbocycles. The molecule has 1 aliphatic heterocycles. The topological polar surface area (TPSA) is 55.1 Å². The van der Waals surface area contributed by atoms with Gasteiger partial charge < -0.3 is 9.32 Å². The van der Waals surface area contributed by atoms with Gasteiger partial charge in [-0.15, -0.1) is 0 Å². The summed E-state index contributed by atoms with van der Waals surface area (Å²) in [6.45, 7) is 0. The predicted molar refractivity (Wildman–Crippen MR) is 252 cm³/mol. The van der Waals surface area contributed by atoms with Gasteiger partial charge in [0.1, 0.15) is 11.5 Å². The summed E-state index contributed by atoms with van der Waals surface area (Å²) in [5, 5.41) is 0. The minimum Gasteiger partial charge on any atom is -0.461 e. The lowest BCUT2D eigenvalue weighted by atomic mass is 9.74. The third-order valence-corrected chi connectivity index (χ3v) is 13.9. The molecule has 302 valence electrons. The second kappa shape index (κ2) is 15.6. The molecule has 4 aromatic carbocycles. The van der Waals surface area contributed by atoms with E-state index >= 15 is 0 Å². The summed E-state index contributed by atoms with van der Waals surface area (Å²) in [6.07, 6.45) is 32.9. The molecule has 2 aromatic heterocycles. The highest BCUT2D eigenvalue weighted by Gasteiger charge is 2.49. The van der Waals surface area contributed by atoms with E-state index in [2.05, 4.69) is 175 Å². The quantitative estimate of drug-likeness (QED) is 0.161. The smallest absolute Gasteiger partial charge is 0.164 e. The van der Waals surface area contributed by atoms with Crippen LogP contribution < -0.4 is 4.90 Å². The van der Waals surface area contributed by atoms with Gasteiger partial charge in [-0.1, -0.05) is 152 Å². The van der Waals surface area contributed by atoms with Crippen molar-refractivity contribution < 1.29 is 4.42 Å². The Bertz CT molecular complexity index is 2910. The number of para-hydroxylation sites is 1. The molecule has 5 unspecified atom stereocenters. The summed E-state index contributed by atoms with van der Waals surface area (Å²) >= 11 is 0. The van der Waals surface area contributed by atoms with Crippen molar-refractivity contribution in [3.8, 4) is 22.8 Å². The molecule has 0 bridgehead atoms. The Balaban J connectivity index is 0.965. The molecule has 6 aliphatic rings. The Kier molecular flexibility index (Phi) is 9.27. The lowest BCUT2D eigenvalue weighted by Gasteiger charge is -2.30. The van der Waals surface area contributed by atoms with E-state index in [0.717, 1.165) is 60.3 Å². The number of anilines is 1. The fourth-order valence-corrected chi connectivity index (χ4v) is 11.0.